The summed E-state index contributed by atoms with van der Waals surface area (Å²) in [7, 11) is -4.29. The zero-order valence-corrected chi connectivity index (χ0v) is 10.0. The van der Waals surface area contributed by atoms with Gasteiger partial charge in [-0.05, 0) is 6.42 Å². The van der Waals surface area contributed by atoms with Gasteiger partial charge in [-0.3, -0.25) is 0 Å². The van der Waals surface area contributed by atoms with Crippen molar-refractivity contribution in [2.24, 2.45) is 0 Å². The molecule has 0 aromatic heterocycles. The Labute approximate surface area is 88.4 Å². The van der Waals surface area contributed by atoms with Gasteiger partial charge < -0.3 is 10.0 Å². The standard InChI is InChI=1S/C5H11NO2.O5P2/c1-3-4-6(2)5(7)8;1-6(2)5-7(3)4/h3-4H2,1-2H3,(H,7,8);/p+2. The maximum Gasteiger partial charge on any atom is 0.745 e. The summed E-state index contributed by atoms with van der Waals surface area (Å²) in [5.74, 6) is 0. The van der Waals surface area contributed by atoms with Crippen molar-refractivity contribution in [3.8, 4) is 0 Å². The molecule has 0 bridgehead atoms. The second kappa shape index (κ2) is 9.89. The molecule has 0 heterocycles. The van der Waals surface area contributed by atoms with Crippen LogP contribution in [0.15, 0.2) is 0 Å². The average Bonchev–Trinajstić information content (AvgIpc) is 2.02. The Bertz CT molecular complexity index is 221. The lowest BCUT2D eigenvalue weighted by molar-refractivity contribution is 0.156. The van der Waals surface area contributed by atoms with Gasteiger partial charge in [0.1, 0.15) is 0 Å². The number of hydrogen-bond acceptors (Lipinski definition) is 4. The molecule has 3 N–H and O–H groups in total. The van der Waals surface area contributed by atoms with E-state index in [1.165, 1.54) is 4.90 Å². The summed E-state index contributed by atoms with van der Waals surface area (Å²) in [6.07, 6.45) is 0.0230. The van der Waals surface area contributed by atoms with Crippen LogP contribution in [0, 0.1) is 0 Å². The Morgan fingerprint density at radius 2 is 1.73 bits per heavy atom. The molecule has 2 atom stereocenters. The van der Waals surface area contributed by atoms with Gasteiger partial charge in [-0.2, -0.15) is 0 Å². The summed E-state index contributed by atoms with van der Waals surface area (Å²) >= 11 is 0. The zero-order chi connectivity index (χ0) is 12.4. The highest BCUT2D eigenvalue weighted by Gasteiger charge is 2.31. The molecular weight excluding hydrogens is 248 g/mol. The number of hydrogen-bond donors (Lipinski definition) is 3. The van der Waals surface area contributed by atoms with E-state index in [2.05, 4.69) is 4.31 Å². The number of rotatable bonds is 4. The van der Waals surface area contributed by atoms with Crippen molar-refractivity contribution in [3.63, 3.8) is 0 Å². The topological polar surface area (TPSA) is 124 Å². The van der Waals surface area contributed by atoms with E-state index in [0.29, 0.717) is 6.54 Å². The van der Waals surface area contributed by atoms with E-state index in [-0.39, 0.29) is 0 Å². The first-order valence-corrected chi connectivity index (χ1v) is 6.01. The van der Waals surface area contributed by atoms with Crippen LogP contribution in [0.5, 0.6) is 0 Å². The van der Waals surface area contributed by atoms with Gasteiger partial charge in [-0.1, -0.05) is 6.92 Å². The number of carboxylic acid groups (broad SMARTS) is 1. The predicted octanol–water partition coefficient (Wildman–Crippen LogP) is 1.31. The molecule has 0 radical (unpaired) electrons. The monoisotopic (exact) mass is 261 g/mol. The zero-order valence-electron chi connectivity index (χ0n) is 8.23. The molecule has 0 fully saturated rings. The minimum atomic E-state index is -2.92. The van der Waals surface area contributed by atoms with Gasteiger partial charge in [0.15, 0.2) is 4.31 Å². The van der Waals surface area contributed by atoms with Crippen LogP contribution >= 0.6 is 16.5 Å². The molecule has 88 valence electrons. The minimum absolute atomic E-state index is 0.620. The van der Waals surface area contributed by atoms with Gasteiger partial charge in [0, 0.05) is 22.7 Å². The van der Waals surface area contributed by atoms with E-state index in [1.807, 2.05) is 6.92 Å². The lowest BCUT2D eigenvalue weighted by Gasteiger charge is -2.09. The van der Waals surface area contributed by atoms with E-state index in [4.69, 9.17) is 14.9 Å². The third-order valence-corrected chi connectivity index (χ3v) is 2.14. The number of nitrogens with zero attached hydrogens (tertiary/aromatic N) is 1. The Morgan fingerprint density at radius 3 is 1.80 bits per heavy atom. The first-order chi connectivity index (χ1) is 6.81. The summed E-state index contributed by atoms with van der Waals surface area (Å²) < 4.78 is 22.2. The van der Waals surface area contributed by atoms with Gasteiger partial charge in [-0.25, -0.2) is 4.79 Å². The molecule has 0 rings (SSSR count). The maximum absolute atomic E-state index is 10.0. The van der Waals surface area contributed by atoms with Crippen LogP contribution < -0.4 is 0 Å². The normalized spacial score (nSPS) is 10.9. The van der Waals surface area contributed by atoms with Gasteiger partial charge in [0.25, 0.3) is 0 Å². The molecule has 2 unspecified atom stereocenters. The molecule has 0 aromatic carbocycles. The largest absolute Gasteiger partial charge is 0.745 e. The molecule has 0 aliphatic carbocycles. The molecule has 8 nitrogen and oxygen atoms in total. The van der Waals surface area contributed by atoms with Crippen molar-refractivity contribution in [1.82, 2.24) is 4.90 Å². The Balaban J connectivity index is 0. The van der Waals surface area contributed by atoms with Crippen LogP contribution in [0.25, 0.3) is 0 Å². The third-order valence-electron chi connectivity index (χ3n) is 1.03. The first kappa shape index (κ1) is 16.8. The molecule has 15 heavy (non-hydrogen) atoms. The summed E-state index contributed by atoms with van der Waals surface area (Å²) in [6, 6.07) is 0. The second-order valence-electron chi connectivity index (χ2n) is 2.26. The summed E-state index contributed by atoms with van der Waals surface area (Å²) in [4.78, 5) is 26.6. The number of carbonyl (C=O) groups is 1. The van der Waals surface area contributed by atoms with E-state index in [0.717, 1.165) is 6.42 Å². The molecule has 0 spiro atoms. The van der Waals surface area contributed by atoms with Gasteiger partial charge in [-0.15, -0.1) is 9.79 Å². The highest BCUT2D eigenvalue weighted by atomic mass is 31.2. The maximum atomic E-state index is 10.0. The van der Waals surface area contributed by atoms with Gasteiger partial charge >= 0.3 is 22.6 Å². The number of amides is 1. The Kier molecular flexibility index (Phi) is 11.1. The molecule has 0 aromatic rings. The van der Waals surface area contributed by atoms with Crippen LogP contribution in [-0.4, -0.2) is 39.5 Å². The third kappa shape index (κ3) is 16.1. The van der Waals surface area contributed by atoms with Crippen LogP contribution in [0.4, 0.5) is 4.79 Å². The quantitative estimate of drug-likeness (QED) is 0.651. The summed E-state index contributed by atoms with van der Waals surface area (Å²) in [5, 5.41) is 8.24. The smallest absolute Gasteiger partial charge is 0.465 e. The van der Waals surface area contributed by atoms with Crippen molar-refractivity contribution in [1.29, 1.82) is 0 Å². The summed E-state index contributed by atoms with van der Waals surface area (Å²) in [5.41, 5.74) is 0. The molecule has 0 aliphatic heterocycles. The minimum Gasteiger partial charge on any atom is -0.465 e. The average molecular weight is 261 g/mol. The fraction of sp³-hybridized carbons (Fsp3) is 0.800. The van der Waals surface area contributed by atoms with Crippen molar-refractivity contribution >= 4 is 22.6 Å². The Morgan fingerprint density at radius 1 is 1.33 bits per heavy atom. The lowest BCUT2D eigenvalue weighted by Crippen LogP contribution is -2.24. The highest BCUT2D eigenvalue weighted by molar-refractivity contribution is 7.46. The van der Waals surface area contributed by atoms with E-state index < -0.39 is 22.6 Å². The second-order valence-corrected chi connectivity index (χ2v) is 3.87. The SMILES string of the molecule is CCCN(C)C(=O)O.O=[P+](O)O[P+](=O)O. The lowest BCUT2D eigenvalue weighted by atomic mass is 10.5. The Hall–Kier alpha value is -0.650. The fourth-order valence-electron chi connectivity index (χ4n) is 0.491. The van der Waals surface area contributed by atoms with Crippen LogP contribution in [0.2, 0.25) is 0 Å². The van der Waals surface area contributed by atoms with Crippen LogP contribution in [0.3, 0.4) is 0 Å². The predicted molar refractivity (Wildman–Crippen MR) is 51.7 cm³/mol. The van der Waals surface area contributed by atoms with Crippen molar-refractivity contribution < 1.29 is 33.1 Å². The molecule has 1 amide bonds. The fourth-order valence-corrected chi connectivity index (χ4v) is 0.969. The van der Waals surface area contributed by atoms with E-state index in [1.54, 1.807) is 7.05 Å². The van der Waals surface area contributed by atoms with Crippen molar-refractivity contribution in [3.05, 3.63) is 0 Å². The van der Waals surface area contributed by atoms with Crippen molar-refractivity contribution in [2.75, 3.05) is 13.6 Å². The van der Waals surface area contributed by atoms with Gasteiger partial charge in [0.05, 0.1) is 0 Å². The van der Waals surface area contributed by atoms with E-state index >= 15 is 0 Å². The first-order valence-electron chi connectivity index (χ1n) is 3.75. The van der Waals surface area contributed by atoms with E-state index in [9.17, 15) is 13.9 Å². The van der Waals surface area contributed by atoms with Crippen molar-refractivity contribution in [2.45, 2.75) is 13.3 Å². The molecule has 0 saturated heterocycles. The molecule has 0 saturated carbocycles. The van der Waals surface area contributed by atoms with Crippen LogP contribution in [0.1, 0.15) is 13.3 Å². The summed E-state index contributed by atoms with van der Waals surface area (Å²) in [6.45, 7) is 2.56. The molecule has 10 heteroatoms. The van der Waals surface area contributed by atoms with Crippen LogP contribution in [-0.2, 0) is 13.4 Å². The highest BCUT2D eigenvalue weighted by Crippen LogP contribution is 2.30. The van der Waals surface area contributed by atoms with Gasteiger partial charge in [0.2, 0.25) is 0 Å². The molecule has 0 aliphatic rings. The molecular formula is C5H13NO7P2+2.